The van der Waals surface area contributed by atoms with E-state index in [1.165, 1.54) is 0 Å². The number of nitrogens with two attached hydrogens (primary N) is 1. The molecule has 0 aromatic carbocycles. The van der Waals surface area contributed by atoms with E-state index in [0.717, 1.165) is 19.4 Å². The van der Waals surface area contributed by atoms with Crippen molar-refractivity contribution >= 4 is 0 Å². The van der Waals surface area contributed by atoms with Gasteiger partial charge >= 0.3 is 0 Å². The Morgan fingerprint density at radius 1 is 1.44 bits per heavy atom. The summed E-state index contributed by atoms with van der Waals surface area (Å²) in [5.74, 6) is 0. The third-order valence-electron chi connectivity index (χ3n) is 1.28. The highest BCUT2D eigenvalue weighted by atomic mass is 16.5. The fourth-order valence-electron chi connectivity index (χ4n) is 0.637. The molecule has 0 amide bonds. The van der Waals surface area contributed by atoms with E-state index < -0.39 is 0 Å². The molecule has 0 bridgehead atoms. The molecule has 0 aliphatic heterocycles. The Hall–Kier alpha value is -0.0800. The molecule has 0 radical (unpaired) electrons. The molecule has 0 spiro atoms. The molecule has 0 rings (SSSR count). The van der Waals surface area contributed by atoms with Crippen molar-refractivity contribution in [1.29, 1.82) is 0 Å². The minimum Gasteiger partial charge on any atom is -0.377 e. The van der Waals surface area contributed by atoms with E-state index in [-0.39, 0.29) is 6.10 Å². The molecule has 0 aliphatic rings. The van der Waals surface area contributed by atoms with Crippen LogP contribution in [0.4, 0.5) is 0 Å². The lowest BCUT2D eigenvalue weighted by Crippen LogP contribution is -2.22. The van der Waals surface area contributed by atoms with Crippen LogP contribution in [-0.4, -0.2) is 19.3 Å². The van der Waals surface area contributed by atoms with E-state index in [1.54, 1.807) is 0 Å². The quantitative estimate of drug-likeness (QED) is 0.607. The van der Waals surface area contributed by atoms with E-state index in [9.17, 15) is 0 Å². The highest BCUT2D eigenvalue weighted by Crippen LogP contribution is 1.95. The topological polar surface area (TPSA) is 35.2 Å². The summed E-state index contributed by atoms with van der Waals surface area (Å²) in [4.78, 5) is 0. The lowest BCUT2D eigenvalue weighted by Gasteiger charge is -2.11. The molecule has 0 saturated heterocycles. The predicted octanol–water partition coefficient (Wildman–Crippen LogP) is 1.15. The van der Waals surface area contributed by atoms with Crippen LogP contribution in [0.5, 0.6) is 0 Å². The van der Waals surface area contributed by atoms with Crippen molar-refractivity contribution < 1.29 is 4.74 Å². The molecule has 2 nitrogen and oxygen atoms in total. The van der Waals surface area contributed by atoms with Crippen LogP contribution in [0.3, 0.4) is 0 Å². The van der Waals surface area contributed by atoms with Gasteiger partial charge in [-0.1, -0.05) is 13.8 Å². The molecule has 0 aromatic heterocycles. The fraction of sp³-hybridized carbons (Fsp3) is 1.00. The van der Waals surface area contributed by atoms with Crippen LogP contribution in [0.15, 0.2) is 0 Å². The summed E-state index contributed by atoms with van der Waals surface area (Å²) in [6.45, 7) is 5.68. The van der Waals surface area contributed by atoms with Gasteiger partial charge in [0.05, 0.1) is 6.10 Å². The first-order valence-electron chi connectivity index (χ1n) is 3.66. The Kier molecular flexibility index (Phi) is 5.99. The van der Waals surface area contributed by atoms with Gasteiger partial charge in [-0.2, -0.15) is 0 Å². The smallest absolute Gasteiger partial charge is 0.0694 e. The summed E-state index contributed by atoms with van der Waals surface area (Å²) in [5, 5.41) is 0. The molecular formula is C7H17NO. The molecule has 1 unspecified atom stereocenters. The molecule has 0 heterocycles. The Bertz CT molecular complexity index is 52.9. The Balaban J connectivity index is 3.09. The zero-order valence-electron chi connectivity index (χ0n) is 6.39. The highest BCUT2D eigenvalue weighted by Gasteiger charge is 2.00. The number of hydrogen-bond acceptors (Lipinski definition) is 2. The van der Waals surface area contributed by atoms with E-state index in [1.807, 2.05) is 0 Å². The van der Waals surface area contributed by atoms with Gasteiger partial charge in [0, 0.05) is 13.2 Å². The van der Waals surface area contributed by atoms with Crippen LogP contribution in [0.2, 0.25) is 0 Å². The van der Waals surface area contributed by atoms with Gasteiger partial charge in [0.2, 0.25) is 0 Å². The standard InChI is InChI=1S/C7H17NO/c1-3-5-9-7(4-2)6-8/h7H,3-6,8H2,1-2H3. The second kappa shape index (κ2) is 6.05. The molecule has 0 fully saturated rings. The normalized spacial score (nSPS) is 13.7. The average molecular weight is 131 g/mol. The molecule has 2 N–H and O–H groups in total. The maximum absolute atomic E-state index is 5.40. The molecule has 56 valence electrons. The van der Waals surface area contributed by atoms with Crippen LogP contribution in [0, 0.1) is 0 Å². The van der Waals surface area contributed by atoms with Gasteiger partial charge in [0.25, 0.3) is 0 Å². The lowest BCUT2D eigenvalue weighted by atomic mass is 10.3. The van der Waals surface area contributed by atoms with Gasteiger partial charge in [-0.25, -0.2) is 0 Å². The Morgan fingerprint density at radius 3 is 2.44 bits per heavy atom. The van der Waals surface area contributed by atoms with Crippen molar-refractivity contribution in [3.8, 4) is 0 Å². The van der Waals surface area contributed by atoms with E-state index in [2.05, 4.69) is 13.8 Å². The van der Waals surface area contributed by atoms with Crippen molar-refractivity contribution in [2.24, 2.45) is 5.73 Å². The third-order valence-corrected chi connectivity index (χ3v) is 1.28. The first kappa shape index (κ1) is 8.92. The van der Waals surface area contributed by atoms with E-state index in [4.69, 9.17) is 10.5 Å². The van der Waals surface area contributed by atoms with Crippen LogP contribution < -0.4 is 5.73 Å². The van der Waals surface area contributed by atoms with Crippen molar-refractivity contribution in [3.05, 3.63) is 0 Å². The minimum atomic E-state index is 0.282. The van der Waals surface area contributed by atoms with Crippen LogP contribution >= 0.6 is 0 Å². The van der Waals surface area contributed by atoms with Gasteiger partial charge in [-0.15, -0.1) is 0 Å². The molecule has 0 aliphatic carbocycles. The molecule has 0 saturated carbocycles. The van der Waals surface area contributed by atoms with E-state index >= 15 is 0 Å². The number of ether oxygens (including phenoxy) is 1. The summed E-state index contributed by atoms with van der Waals surface area (Å²) >= 11 is 0. The maximum Gasteiger partial charge on any atom is 0.0694 e. The zero-order chi connectivity index (χ0) is 7.11. The molecule has 0 aromatic rings. The van der Waals surface area contributed by atoms with Crippen LogP contribution in [0.1, 0.15) is 26.7 Å². The Morgan fingerprint density at radius 2 is 2.11 bits per heavy atom. The van der Waals surface area contributed by atoms with Crippen molar-refractivity contribution in [2.75, 3.05) is 13.2 Å². The van der Waals surface area contributed by atoms with Gasteiger partial charge in [-0.3, -0.25) is 0 Å². The largest absolute Gasteiger partial charge is 0.377 e. The summed E-state index contributed by atoms with van der Waals surface area (Å²) in [5.41, 5.74) is 5.40. The number of hydrogen-bond donors (Lipinski definition) is 1. The highest BCUT2D eigenvalue weighted by molar-refractivity contribution is 4.53. The van der Waals surface area contributed by atoms with Gasteiger partial charge < -0.3 is 10.5 Å². The van der Waals surface area contributed by atoms with Crippen LogP contribution in [0.25, 0.3) is 0 Å². The monoisotopic (exact) mass is 131 g/mol. The molecular weight excluding hydrogens is 114 g/mol. The zero-order valence-corrected chi connectivity index (χ0v) is 6.39. The Labute approximate surface area is 57.4 Å². The summed E-state index contributed by atoms with van der Waals surface area (Å²) in [6, 6.07) is 0. The van der Waals surface area contributed by atoms with Crippen molar-refractivity contribution in [1.82, 2.24) is 0 Å². The second-order valence-corrected chi connectivity index (χ2v) is 2.14. The average Bonchev–Trinajstić information content (AvgIpc) is 1.91. The first-order chi connectivity index (χ1) is 4.35. The first-order valence-corrected chi connectivity index (χ1v) is 3.66. The van der Waals surface area contributed by atoms with E-state index in [0.29, 0.717) is 6.54 Å². The van der Waals surface area contributed by atoms with Gasteiger partial charge in [0.15, 0.2) is 0 Å². The summed E-state index contributed by atoms with van der Waals surface area (Å²) < 4.78 is 5.36. The van der Waals surface area contributed by atoms with Gasteiger partial charge in [0.1, 0.15) is 0 Å². The van der Waals surface area contributed by atoms with Crippen molar-refractivity contribution in [3.63, 3.8) is 0 Å². The maximum atomic E-state index is 5.40. The second-order valence-electron chi connectivity index (χ2n) is 2.14. The van der Waals surface area contributed by atoms with Gasteiger partial charge in [-0.05, 0) is 12.8 Å². The molecule has 1 atom stereocenters. The van der Waals surface area contributed by atoms with Crippen LogP contribution in [-0.2, 0) is 4.74 Å². The predicted molar refractivity (Wildman–Crippen MR) is 39.4 cm³/mol. The number of rotatable bonds is 5. The summed E-state index contributed by atoms with van der Waals surface area (Å²) in [6.07, 6.45) is 2.39. The fourth-order valence-corrected chi connectivity index (χ4v) is 0.637. The molecule has 9 heavy (non-hydrogen) atoms. The minimum absolute atomic E-state index is 0.282. The third kappa shape index (κ3) is 4.43. The SMILES string of the molecule is CCCOC(CC)CN. The lowest BCUT2D eigenvalue weighted by molar-refractivity contribution is 0.0572. The van der Waals surface area contributed by atoms with Crippen molar-refractivity contribution in [2.45, 2.75) is 32.8 Å². The molecule has 2 heteroatoms. The summed E-state index contributed by atoms with van der Waals surface area (Å²) in [7, 11) is 0.